The van der Waals surface area contributed by atoms with Gasteiger partial charge < -0.3 is 24.8 Å². The second-order valence-corrected chi connectivity index (χ2v) is 8.19. The average molecular weight is 419 g/mol. The number of morpholine rings is 1. The van der Waals surface area contributed by atoms with Crippen LogP contribution in [0, 0.1) is 5.41 Å². The Kier molecular flexibility index (Phi) is 8.78. The van der Waals surface area contributed by atoms with E-state index in [9.17, 15) is 0 Å². The Morgan fingerprint density at radius 2 is 1.93 bits per heavy atom. The zero-order valence-electron chi connectivity index (χ0n) is 18.8. The molecule has 3 rings (SSSR count). The minimum atomic E-state index is 0.256. The van der Waals surface area contributed by atoms with Gasteiger partial charge in [0, 0.05) is 46.4 Å². The molecule has 1 heterocycles. The zero-order chi connectivity index (χ0) is 21.2. The van der Waals surface area contributed by atoms with Crippen molar-refractivity contribution in [3.05, 3.63) is 29.8 Å². The van der Waals surface area contributed by atoms with Crippen LogP contribution in [0.3, 0.4) is 0 Å². The first-order valence-corrected chi connectivity index (χ1v) is 11.2. The fourth-order valence-corrected chi connectivity index (χ4v) is 3.98. The van der Waals surface area contributed by atoms with Crippen molar-refractivity contribution in [1.29, 1.82) is 0 Å². The molecule has 168 valence electrons. The molecular formula is C23H38N4O3. The van der Waals surface area contributed by atoms with Crippen LogP contribution in [0.25, 0.3) is 0 Å². The third kappa shape index (κ3) is 6.59. The van der Waals surface area contributed by atoms with Gasteiger partial charge in [0.15, 0.2) is 5.96 Å². The van der Waals surface area contributed by atoms with Crippen molar-refractivity contribution in [3.8, 4) is 5.75 Å². The molecule has 0 aromatic heterocycles. The second kappa shape index (κ2) is 11.5. The Morgan fingerprint density at radius 1 is 1.20 bits per heavy atom. The second-order valence-electron chi connectivity index (χ2n) is 8.19. The topological polar surface area (TPSA) is 67.3 Å². The van der Waals surface area contributed by atoms with E-state index in [1.54, 1.807) is 7.11 Å². The van der Waals surface area contributed by atoms with Crippen molar-refractivity contribution in [2.75, 3.05) is 66.8 Å². The van der Waals surface area contributed by atoms with Crippen molar-refractivity contribution in [3.63, 3.8) is 0 Å². The van der Waals surface area contributed by atoms with Crippen molar-refractivity contribution >= 4 is 5.96 Å². The third-order valence-corrected chi connectivity index (χ3v) is 6.24. The van der Waals surface area contributed by atoms with Gasteiger partial charge in [-0.05, 0) is 49.3 Å². The highest BCUT2D eigenvalue weighted by molar-refractivity contribution is 5.79. The summed E-state index contributed by atoms with van der Waals surface area (Å²) in [6.45, 7) is 8.86. The first-order chi connectivity index (χ1) is 14.7. The number of hydrogen-bond donors (Lipinski definition) is 2. The number of nitrogens with zero attached hydrogens (tertiary/aromatic N) is 2. The molecule has 1 aliphatic carbocycles. The summed E-state index contributed by atoms with van der Waals surface area (Å²) < 4.78 is 16.4. The molecule has 7 heteroatoms. The fourth-order valence-electron chi connectivity index (χ4n) is 3.98. The van der Waals surface area contributed by atoms with Crippen LogP contribution in [0.1, 0.15) is 37.8 Å². The Balaban J connectivity index is 1.56. The molecule has 2 N–H and O–H groups in total. The lowest BCUT2D eigenvalue weighted by atomic mass is 10.0. The molecule has 2 fully saturated rings. The molecule has 1 unspecified atom stereocenters. The van der Waals surface area contributed by atoms with Crippen molar-refractivity contribution in [2.24, 2.45) is 10.4 Å². The molecule has 2 aliphatic rings. The lowest BCUT2D eigenvalue weighted by Gasteiger charge is -2.35. The minimum absolute atomic E-state index is 0.256. The highest BCUT2D eigenvalue weighted by Crippen LogP contribution is 2.48. The predicted octanol–water partition coefficient (Wildman–Crippen LogP) is 2.44. The highest BCUT2D eigenvalue weighted by Gasteiger charge is 2.42. The maximum Gasteiger partial charge on any atom is 0.191 e. The van der Waals surface area contributed by atoms with Crippen molar-refractivity contribution < 1.29 is 14.2 Å². The summed E-state index contributed by atoms with van der Waals surface area (Å²) in [5.41, 5.74) is 1.66. The molecule has 1 aromatic carbocycles. The zero-order valence-corrected chi connectivity index (χ0v) is 18.8. The van der Waals surface area contributed by atoms with Crippen LogP contribution >= 0.6 is 0 Å². The van der Waals surface area contributed by atoms with E-state index in [0.29, 0.717) is 5.41 Å². The molecule has 0 spiro atoms. The van der Waals surface area contributed by atoms with Gasteiger partial charge in [-0.2, -0.15) is 0 Å². The SMILES string of the molecule is CCOCCC1(CNC(=NC)NCC(c2ccc(OC)cc2)N2CCOCC2)CC1. The number of methoxy groups -OCH3 is 1. The summed E-state index contributed by atoms with van der Waals surface area (Å²) in [5.74, 6) is 1.75. The van der Waals surface area contributed by atoms with E-state index < -0.39 is 0 Å². The standard InChI is InChI=1S/C23H38N4O3/c1-4-29-14-11-23(9-10-23)18-26-22(24-2)25-17-21(27-12-15-30-16-13-27)19-5-7-20(28-3)8-6-19/h5-8,21H,4,9-18H2,1-3H3,(H2,24,25,26). The lowest BCUT2D eigenvalue weighted by molar-refractivity contribution is 0.0170. The van der Waals surface area contributed by atoms with Gasteiger partial charge in [-0.1, -0.05) is 12.1 Å². The predicted molar refractivity (Wildman–Crippen MR) is 120 cm³/mol. The summed E-state index contributed by atoms with van der Waals surface area (Å²) in [6, 6.07) is 8.63. The van der Waals surface area contributed by atoms with Gasteiger partial charge in [0.05, 0.1) is 26.4 Å². The molecule has 0 bridgehead atoms. The molecule has 0 amide bonds. The quantitative estimate of drug-likeness (QED) is 0.327. The van der Waals surface area contributed by atoms with Gasteiger partial charge in [-0.25, -0.2) is 0 Å². The van der Waals surface area contributed by atoms with Gasteiger partial charge in [-0.3, -0.25) is 9.89 Å². The van der Waals surface area contributed by atoms with Crippen LogP contribution in [0.4, 0.5) is 0 Å². The van der Waals surface area contributed by atoms with Crippen LogP contribution in [0.5, 0.6) is 5.75 Å². The molecular weight excluding hydrogens is 380 g/mol. The van der Waals surface area contributed by atoms with E-state index in [-0.39, 0.29) is 6.04 Å². The average Bonchev–Trinajstić information content (AvgIpc) is 3.57. The normalized spacial score (nSPS) is 19.9. The largest absolute Gasteiger partial charge is 0.497 e. The molecule has 1 saturated heterocycles. The van der Waals surface area contributed by atoms with E-state index in [1.165, 1.54) is 18.4 Å². The van der Waals surface area contributed by atoms with Crippen LogP contribution in [0.2, 0.25) is 0 Å². The number of hydrogen-bond acceptors (Lipinski definition) is 5. The summed E-state index contributed by atoms with van der Waals surface area (Å²) in [5, 5.41) is 7.10. The van der Waals surface area contributed by atoms with E-state index >= 15 is 0 Å². The van der Waals surface area contributed by atoms with Gasteiger partial charge in [0.1, 0.15) is 5.75 Å². The molecule has 1 aliphatic heterocycles. The Hall–Kier alpha value is -1.83. The lowest BCUT2D eigenvalue weighted by Crippen LogP contribution is -2.47. The number of benzene rings is 1. The van der Waals surface area contributed by atoms with E-state index in [2.05, 4.69) is 39.6 Å². The van der Waals surface area contributed by atoms with E-state index in [4.69, 9.17) is 14.2 Å². The number of nitrogens with one attached hydrogen (secondary N) is 2. The summed E-state index contributed by atoms with van der Waals surface area (Å²) in [4.78, 5) is 6.94. The summed E-state index contributed by atoms with van der Waals surface area (Å²) in [6.07, 6.45) is 3.66. The van der Waals surface area contributed by atoms with Gasteiger partial charge >= 0.3 is 0 Å². The van der Waals surface area contributed by atoms with E-state index in [1.807, 2.05) is 19.2 Å². The Labute approximate surface area is 181 Å². The summed E-state index contributed by atoms with van der Waals surface area (Å²) >= 11 is 0. The van der Waals surface area contributed by atoms with Crippen LogP contribution in [0.15, 0.2) is 29.3 Å². The molecule has 1 aromatic rings. The minimum Gasteiger partial charge on any atom is -0.497 e. The molecule has 1 saturated carbocycles. The Morgan fingerprint density at radius 3 is 2.53 bits per heavy atom. The first-order valence-electron chi connectivity index (χ1n) is 11.2. The molecule has 30 heavy (non-hydrogen) atoms. The maximum absolute atomic E-state index is 5.56. The maximum atomic E-state index is 5.56. The van der Waals surface area contributed by atoms with Crippen LogP contribution < -0.4 is 15.4 Å². The highest BCUT2D eigenvalue weighted by atomic mass is 16.5. The summed E-state index contributed by atoms with van der Waals surface area (Å²) in [7, 11) is 3.54. The van der Waals surface area contributed by atoms with Gasteiger partial charge in [-0.15, -0.1) is 0 Å². The van der Waals surface area contributed by atoms with Crippen LogP contribution in [-0.2, 0) is 9.47 Å². The van der Waals surface area contributed by atoms with Gasteiger partial charge in [0.2, 0.25) is 0 Å². The monoisotopic (exact) mass is 418 g/mol. The van der Waals surface area contributed by atoms with Gasteiger partial charge in [0.25, 0.3) is 0 Å². The van der Waals surface area contributed by atoms with Crippen molar-refractivity contribution in [2.45, 2.75) is 32.2 Å². The number of aliphatic imine (C=N–C) groups is 1. The van der Waals surface area contributed by atoms with E-state index in [0.717, 1.165) is 70.7 Å². The number of rotatable bonds is 11. The smallest absolute Gasteiger partial charge is 0.191 e. The Bertz CT molecular complexity index is 655. The third-order valence-electron chi connectivity index (χ3n) is 6.24. The molecule has 1 atom stereocenters. The number of ether oxygens (including phenoxy) is 3. The molecule has 0 radical (unpaired) electrons. The van der Waals surface area contributed by atoms with Crippen molar-refractivity contribution in [1.82, 2.24) is 15.5 Å². The van der Waals surface area contributed by atoms with Crippen LogP contribution in [-0.4, -0.2) is 77.6 Å². The fraction of sp³-hybridized carbons (Fsp3) is 0.696. The first kappa shape index (κ1) is 22.8. The molecule has 7 nitrogen and oxygen atoms in total. The number of guanidine groups is 1.